The summed E-state index contributed by atoms with van der Waals surface area (Å²) in [6, 6.07) is 11.4. The highest BCUT2D eigenvalue weighted by atomic mass is 35.5. The molecule has 1 aliphatic heterocycles. The maximum atomic E-state index is 12.6. The number of imide groups is 1. The fraction of sp³-hybridized carbons (Fsp3) is 0.200. The van der Waals surface area contributed by atoms with Gasteiger partial charge in [-0.1, -0.05) is 29.8 Å². The smallest absolute Gasteiger partial charge is 0.293 e. The maximum Gasteiger partial charge on any atom is 0.293 e. The lowest BCUT2D eigenvalue weighted by Crippen LogP contribution is -2.32. The Hall–Kier alpha value is -2.53. The zero-order chi connectivity index (χ0) is 22.4. The van der Waals surface area contributed by atoms with Crippen LogP contribution in [0.1, 0.15) is 5.56 Å². The zero-order valence-electron chi connectivity index (χ0n) is 16.0. The molecule has 0 aliphatic carbocycles. The largest absolute Gasteiger partial charge is 0.490 e. The summed E-state index contributed by atoms with van der Waals surface area (Å²) in [5.41, 5.74) is 0.303. The molecule has 0 aromatic heterocycles. The van der Waals surface area contributed by atoms with E-state index in [0.717, 1.165) is 16.7 Å². The number of hydrogen-bond donors (Lipinski definition) is 1. The maximum absolute atomic E-state index is 12.6. The average molecular weight is 481 g/mol. The normalized spacial score (nSPS) is 15.0. The van der Waals surface area contributed by atoms with Gasteiger partial charge < -0.3 is 9.84 Å². The van der Waals surface area contributed by atoms with Gasteiger partial charge in [-0.15, -0.1) is 11.8 Å². The van der Waals surface area contributed by atoms with Crippen LogP contribution in [0.3, 0.4) is 0 Å². The van der Waals surface area contributed by atoms with E-state index in [-0.39, 0.29) is 30.4 Å². The van der Waals surface area contributed by atoms with Crippen molar-refractivity contribution >= 4 is 58.0 Å². The van der Waals surface area contributed by atoms with Crippen molar-refractivity contribution in [3.63, 3.8) is 0 Å². The lowest BCUT2D eigenvalue weighted by Gasteiger charge is -2.13. The molecule has 1 N–H and O–H groups in total. The van der Waals surface area contributed by atoms with E-state index < -0.39 is 16.1 Å². The second kappa shape index (κ2) is 10.7. The molecule has 1 heterocycles. The highest BCUT2D eigenvalue weighted by Gasteiger charge is 2.35. The van der Waals surface area contributed by atoms with Crippen molar-refractivity contribution in [1.82, 2.24) is 4.90 Å². The monoisotopic (exact) mass is 480 g/mol. The van der Waals surface area contributed by atoms with Crippen molar-refractivity contribution in [3.8, 4) is 5.75 Å². The number of aliphatic hydroxyl groups is 1. The van der Waals surface area contributed by atoms with Gasteiger partial charge in [0.15, 0.2) is 0 Å². The van der Waals surface area contributed by atoms with Crippen LogP contribution in [0.15, 0.2) is 52.3 Å². The van der Waals surface area contributed by atoms with Crippen molar-refractivity contribution < 1.29 is 24.4 Å². The van der Waals surface area contributed by atoms with E-state index in [1.54, 1.807) is 36.4 Å². The Morgan fingerprint density at radius 1 is 1.26 bits per heavy atom. The quantitative estimate of drug-likeness (QED) is 0.242. The first-order chi connectivity index (χ1) is 14.9. The number of para-hydroxylation sites is 1. The second-order valence-corrected chi connectivity index (χ2v) is 8.71. The third kappa shape index (κ3) is 5.79. The standard InChI is InChI=1S/C20H17ClN2O6S2/c21-14-3-1-2-4-16(14)29-9-7-22-19(25)18(31-20(22)26)12-13-5-6-17(30-10-8-24)15(11-13)23(27)28/h1-6,11-12,24H,7-10H2/b18-12-. The van der Waals surface area contributed by atoms with Gasteiger partial charge in [-0.3, -0.25) is 24.6 Å². The number of benzene rings is 2. The molecule has 1 saturated heterocycles. The Morgan fingerprint density at radius 2 is 2.03 bits per heavy atom. The molecular formula is C20H17ClN2O6S2. The van der Waals surface area contributed by atoms with E-state index in [1.807, 2.05) is 0 Å². The number of thioether (sulfide) groups is 2. The van der Waals surface area contributed by atoms with Crippen molar-refractivity contribution in [2.75, 3.05) is 25.5 Å². The van der Waals surface area contributed by atoms with Gasteiger partial charge in [0.2, 0.25) is 0 Å². The fourth-order valence-electron chi connectivity index (χ4n) is 2.70. The fourth-order valence-corrected chi connectivity index (χ4v) is 4.51. The molecule has 2 aromatic carbocycles. The number of nitro benzene ring substituents is 1. The summed E-state index contributed by atoms with van der Waals surface area (Å²) in [5.74, 6) is 0.298. The number of carbonyl (C=O) groups is 2. The van der Waals surface area contributed by atoms with E-state index in [0.29, 0.717) is 27.0 Å². The zero-order valence-corrected chi connectivity index (χ0v) is 18.4. The van der Waals surface area contributed by atoms with Crippen LogP contribution in [-0.2, 0) is 4.79 Å². The predicted molar refractivity (Wildman–Crippen MR) is 121 cm³/mol. The summed E-state index contributed by atoms with van der Waals surface area (Å²) in [5, 5.41) is 20.3. The molecule has 2 aromatic rings. The average Bonchev–Trinajstić information content (AvgIpc) is 3.01. The lowest BCUT2D eigenvalue weighted by atomic mass is 10.2. The van der Waals surface area contributed by atoms with Crippen LogP contribution in [0.2, 0.25) is 5.02 Å². The summed E-state index contributed by atoms with van der Waals surface area (Å²) in [4.78, 5) is 37.4. The number of nitrogens with zero attached hydrogens (tertiary/aromatic N) is 2. The first-order valence-electron chi connectivity index (χ1n) is 9.05. The molecule has 0 spiro atoms. The molecule has 162 valence electrons. The van der Waals surface area contributed by atoms with E-state index in [9.17, 15) is 19.7 Å². The summed E-state index contributed by atoms with van der Waals surface area (Å²) in [6.45, 7) is 0.0261. The Bertz CT molecular complexity index is 1050. The minimum atomic E-state index is -0.519. The molecule has 0 radical (unpaired) electrons. The molecule has 0 saturated carbocycles. The van der Waals surface area contributed by atoms with Crippen molar-refractivity contribution in [2.45, 2.75) is 4.90 Å². The Labute approximate surface area is 191 Å². The molecular weight excluding hydrogens is 464 g/mol. The minimum Gasteiger partial charge on any atom is -0.490 e. The van der Waals surface area contributed by atoms with Crippen LogP contribution in [-0.4, -0.2) is 51.6 Å². The molecule has 1 aliphatic rings. The van der Waals surface area contributed by atoms with Crippen LogP contribution >= 0.6 is 35.1 Å². The molecule has 0 atom stereocenters. The minimum absolute atomic E-state index is 0.0457. The number of aliphatic hydroxyl groups excluding tert-OH is 1. The van der Waals surface area contributed by atoms with E-state index >= 15 is 0 Å². The summed E-state index contributed by atoms with van der Waals surface area (Å²) in [7, 11) is 0. The lowest BCUT2D eigenvalue weighted by molar-refractivity contribution is -0.387. The number of nitro groups is 1. The number of halogens is 1. The second-order valence-electron chi connectivity index (χ2n) is 6.17. The number of ether oxygens (including phenoxy) is 1. The topological polar surface area (TPSA) is 110 Å². The van der Waals surface area contributed by atoms with Crippen LogP contribution in [0, 0.1) is 10.1 Å². The van der Waals surface area contributed by atoms with E-state index in [2.05, 4.69) is 0 Å². The molecule has 8 nitrogen and oxygen atoms in total. The third-order valence-corrected chi connectivity index (χ3v) is 6.37. The van der Waals surface area contributed by atoms with Crippen LogP contribution in [0.4, 0.5) is 10.5 Å². The first kappa shape index (κ1) is 23.1. The highest BCUT2D eigenvalue weighted by Crippen LogP contribution is 2.35. The SMILES string of the molecule is O=C1S/C(=C\c2ccc(SCCO)c([N+](=O)[O-])c2)C(=O)N1CCOc1ccccc1Cl. The Balaban J connectivity index is 1.70. The number of carbonyl (C=O) groups excluding carboxylic acids is 2. The van der Waals surface area contributed by atoms with Crippen LogP contribution < -0.4 is 4.74 Å². The highest BCUT2D eigenvalue weighted by molar-refractivity contribution is 8.18. The van der Waals surface area contributed by atoms with Gasteiger partial charge in [0.05, 0.1) is 32.9 Å². The van der Waals surface area contributed by atoms with Gasteiger partial charge in [0.25, 0.3) is 16.8 Å². The number of hydrogen-bond acceptors (Lipinski definition) is 8. The third-order valence-electron chi connectivity index (χ3n) is 4.11. The van der Waals surface area contributed by atoms with E-state index in [4.69, 9.17) is 21.4 Å². The van der Waals surface area contributed by atoms with E-state index in [1.165, 1.54) is 23.9 Å². The van der Waals surface area contributed by atoms with Gasteiger partial charge in [0.1, 0.15) is 12.4 Å². The molecule has 1 fully saturated rings. The molecule has 11 heteroatoms. The van der Waals surface area contributed by atoms with Gasteiger partial charge in [-0.25, -0.2) is 0 Å². The molecule has 2 amide bonds. The molecule has 0 unspecified atom stereocenters. The van der Waals surface area contributed by atoms with Crippen molar-refractivity contribution in [2.24, 2.45) is 0 Å². The first-order valence-corrected chi connectivity index (χ1v) is 11.2. The van der Waals surface area contributed by atoms with Crippen LogP contribution in [0.25, 0.3) is 6.08 Å². The summed E-state index contributed by atoms with van der Waals surface area (Å²) >= 11 is 7.95. The van der Waals surface area contributed by atoms with Gasteiger partial charge in [-0.2, -0.15) is 0 Å². The van der Waals surface area contributed by atoms with Gasteiger partial charge in [0, 0.05) is 11.8 Å². The van der Waals surface area contributed by atoms with Gasteiger partial charge >= 0.3 is 0 Å². The summed E-state index contributed by atoms with van der Waals surface area (Å²) in [6.07, 6.45) is 1.45. The predicted octanol–water partition coefficient (Wildman–Crippen LogP) is 4.45. The Kier molecular flexibility index (Phi) is 7.97. The van der Waals surface area contributed by atoms with Crippen molar-refractivity contribution in [1.29, 1.82) is 0 Å². The van der Waals surface area contributed by atoms with Crippen molar-refractivity contribution in [3.05, 3.63) is 68.1 Å². The molecule has 0 bridgehead atoms. The number of amides is 2. The molecule has 31 heavy (non-hydrogen) atoms. The summed E-state index contributed by atoms with van der Waals surface area (Å²) < 4.78 is 5.53. The Morgan fingerprint density at radius 3 is 2.74 bits per heavy atom. The number of rotatable bonds is 9. The van der Waals surface area contributed by atoms with Crippen LogP contribution in [0.5, 0.6) is 5.75 Å². The molecule has 3 rings (SSSR count). The van der Waals surface area contributed by atoms with Gasteiger partial charge in [-0.05, 0) is 41.6 Å².